The molecule has 6 heteroatoms. The molecule has 2 heterocycles. The van der Waals surface area contributed by atoms with Gasteiger partial charge in [-0.25, -0.2) is 14.4 Å². The minimum atomic E-state index is -0.253. The van der Waals surface area contributed by atoms with Crippen LogP contribution in [0.3, 0.4) is 0 Å². The highest BCUT2D eigenvalue weighted by Crippen LogP contribution is 2.26. The minimum Gasteiger partial charge on any atom is -0.364 e. The predicted octanol–water partition coefficient (Wildman–Crippen LogP) is 4.59. The zero-order valence-corrected chi connectivity index (χ0v) is 14.2. The molecule has 0 amide bonds. The Labute approximate surface area is 148 Å². The van der Waals surface area contributed by atoms with Gasteiger partial charge in [0.1, 0.15) is 16.9 Å². The number of thiazole rings is 1. The van der Waals surface area contributed by atoms with Crippen LogP contribution in [0, 0.1) is 5.82 Å². The summed E-state index contributed by atoms with van der Waals surface area (Å²) in [6.07, 6.45) is 5.16. The fourth-order valence-electron chi connectivity index (χ4n) is 2.67. The molecule has 0 saturated carbocycles. The number of imidazole rings is 1. The Bertz CT molecular complexity index is 917. The van der Waals surface area contributed by atoms with Crippen molar-refractivity contribution in [3.63, 3.8) is 0 Å². The number of para-hydroxylation sites is 1. The van der Waals surface area contributed by atoms with Crippen molar-refractivity contribution in [1.82, 2.24) is 14.5 Å². The van der Waals surface area contributed by atoms with Gasteiger partial charge in [0.05, 0.1) is 29.7 Å². The fraction of sp³-hybridized carbons (Fsp3) is 0.158. The average Bonchev–Trinajstić information content (AvgIpc) is 3.28. The molecule has 0 spiro atoms. The second-order valence-corrected chi connectivity index (χ2v) is 6.80. The van der Waals surface area contributed by atoms with E-state index in [0.29, 0.717) is 13.2 Å². The molecule has 0 N–H and O–H groups in total. The van der Waals surface area contributed by atoms with Crippen molar-refractivity contribution < 1.29 is 9.13 Å². The zero-order chi connectivity index (χ0) is 17.1. The van der Waals surface area contributed by atoms with Crippen LogP contribution in [0.4, 0.5) is 4.39 Å². The van der Waals surface area contributed by atoms with Crippen molar-refractivity contribution in [3.8, 4) is 0 Å². The van der Waals surface area contributed by atoms with Crippen LogP contribution < -0.4 is 0 Å². The Kier molecular flexibility index (Phi) is 4.54. The summed E-state index contributed by atoms with van der Waals surface area (Å²) in [4.78, 5) is 8.67. The molecular weight excluding hydrogens is 337 g/mol. The van der Waals surface area contributed by atoms with Crippen LogP contribution in [0.2, 0.25) is 0 Å². The Morgan fingerprint density at radius 3 is 2.72 bits per heavy atom. The Hall–Kier alpha value is -2.57. The number of nitrogens with zero attached hydrogens (tertiary/aromatic N) is 3. The number of benzene rings is 2. The van der Waals surface area contributed by atoms with Crippen LogP contribution in [0.5, 0.6) is 0 Å². The summed E-state index contributed by atoms with van der Waals surface area (Å²) in [7, 11) is 0. The van der Waals surface area contributed by atoms with E-state index in [0.717, 1.165) is 20.8 Å². The largest absolute Gasteiger partial charge is 0.364 e. The molecule has 4 nitrogen and oxygen atoms in total. The van der Waals surface area contributed by atoms with Crippen molar-refractivity contribution in [2.75, 3.05) is 0 Å². The van der Waals surface area contributed by atoms with Gasteiger partial charge in [-0.05, 0) is 29.8 Å². The van der Waals surface area contributed by atoms with E-state index in [9.17, 15) is 4.39 Å². The normalized spacial score (nSPS) is 12.5. The van der Waals surface area contributed by atoms with Crippen LogP contribution in [0.15, 0.2) is 67.3 Å². The van der Waals surface area contributed by atoms with Crippen LogP contribution >= 0.6 is 11.3 Å². The molecule has 1 atom stereocenters. The van der Waals surface area contributed by atoms with Crippen molar-refractivity contribution in [3.05, 3.63) is 83.6 Å². The van der Waals surface area contributed by atoms with Gasteiger partial charge < -0.3 is 9.30 Å². The van der Waals surface area contributed by atoms with Crippen LogP contribution in [-0.2, 0) is 17.9 Å². The molecule has 0 bridgehead atoms. The first-order valence-electron chi connectivity index (χ1n) is 7.95. The third-order valence-electron chi connectivity index (χ3n) is 3.92. The zero-order valence-electron chi connectivity index (χ0n) is 13.4. The fourth-order valence-corrected chi connectivity index (χ4v) is 3.56. The summed E-state index contributed by atoms with van der Waals surface area (Å²) in [5.74, 6) is -0.253. The molecule has 25 heavy (non-hydrogen) atoms. The van der Waals surface area contributed by atoms with Crippen LogP contribution in [0.25, 0.3) is 10.2 Å². The maximum atomic E-state index is 13.2. The molecule has 4 rings (SSSR count). The Balaban J connectivity index is 1.53. The molecule has 126 valence electrons. The number of ether oxygens (including phenoxy) is 1. The summed E-state index contributed by atoms with van der Waals surface area (Å²) in [6.45, 7) is 1.02. The molecule has 4 aromatic rings. The number of hydrogen-bond donors (Lipinski definition) is 0. The van der Waals surface area contributed by atoms with Crippen molar-refractivity contribution in [2.24, 2.45) is 0 Å². The third kappa shape index (κ3) is 3.75. The second-order valence-electron chi connectivity index (χ2n) is 5.69. The number of fused-ring (bicyclic) bond motifs is 1. The van der Waals surface area contributed by atoms with E-state index >= 15 is 0 Å². The Morgan fingerprint density at radius 1 is 1.12 bits per heavy atom. The smallest absolute Gasteiger partial charge is 0.123 e. The molecule has 0 aliphatic rings. The number of halogens is 1. The highest BCUT2D eigenvalue weighted by Gasteiger charge is 2.15. The van der Waals surface area contributed by atoms with Gasteiger partial charge in [-0.2, -0.15) is 0 Å². The van der Waals surface area contributed by atoms with Gasteiger partial charge in [0.15, 0.2) is 0 Å². The lowest BCUT2D eigenvalue weighted by Gasteiger charge is -2.18. The molecular formula is C19H16FN3OS. The lowest BCUT2D eigenvalue weighted by Crippen LogP contribution is -2.12. The molecule has 0 aliphatic carbocycles. The SMILES string of the molecule is Fc1ccc(C(Cn2ccnc2)OCc2nc3ccccc3s2)cc1. The summed E-state index contributed by atoms with van der Waals surface area (Å²) >= 11 is 1.63. The second kappa shape index (κ2) is 7.13. The van der Waals surface area contributed by atoms with E-state index < -0.39 is 0 Å². The molecule has 0 saturated heterocycles. The third-order valence-corrected chi connectivity index (χ3v) is 4.93. The van der Waals surface area contributed by atoms with Gasteiger partial charge in [-0.3, -0.25) is 0 Å². The van der Waals surface area contributed by atoms with Crippen LogP contribution in [-0.4, -0.2) is 14.5 Å². The quantitative estimate of drug-likeness (QED) is 0.509. The number of rotatable bonds is 6. The van der Waals surface area contributed by atoms with E-state index in [4.69, 9.17) is 4.74 Å². The van der Waals surface area contributed by atoms with E-state index in [1.54, 1.807) is 36.0 Å². The minimum absolute atomic E-state index is 0.207. The first-order chi connectivity index (χ1) is 12.3. The molecule has 2 aromatic heterocycles. The van der Waals surface area contributed by atoms with Gasteiger partial charge in [-0.15, -0.1) is 11.3 Å². The number of hydrogen-bond acceptors (Lipinski definition) is 4. The van der Waals surface area contributed by atoms with Gasteiger partial charge in [0.2, 0.25) is 0 Å². The highest BCUT2D eigenvalue weighted by molar-refractivity contribution is 7.18. The van der Waals surface area contributed by atoms with Crippen LogP contribution in [0.1, 0.15) is 16.7 Å². The first kappa shape index (κ1) is 15.9. The van der Waals surface area contributed by atoms with E-state index in [2.05, 4.69) is 16.0 Å². The highest BCUT2D eigenvalue weighted by atomic mass is 32.1. The van der Waals surface area contributed by atoms with Gasteiger partial charge in [0, 0.05) is 12.4 Å². The molecule has 1 unspecified atom stereocenters. The maximum absolute atomic E-state index is 13.2. The van der Waals surface area contributed by atoms with Gasteiger partial charge >= 0.3 is 0 Å². The monoisotopic (exact) mass is 353 g/mol. The molecule has 0 radical (unpaired) electrons. The summed E-state index contributed by atoms with van der Waals surface area (Å²) in [6, 6.07) is 14.5. The maximum Gasteiger partial charge on any atom is 0.123 e. The lowest BCUT2D eigenvalue weighted by molar-refractivity contribution is 0.0279. The number of aromatic nitrogens is 3. The van der Waals surface area contributed by atoms with Gasteiger partial charge in [0.25, 0.3) is 0 Å². The van der Waals surface area contributed by atoms with Crippen molar-refractivity contribution >= 4 is 21.6 Å². The first-order valence-corrected chi connectivity index (χ1v) is 8.77. The molecule has 0 fully saturated rings. The average molecular weight is 353 g/mol. The standard InChI is InChI=1S/C19H16FN3OS/c20-15-7-5-14(6-8-15)17(11-23-10-9-21-13-23)24-12-19-22-16-3-1-2-4-18(16)25-19/h1-10,13,17H,11-12H2. The van der Waals surface area contributed by atoms with Gasteiger partial charge in [-0.1, -0.05) is 24.3 Å². The summed E-state index contributed by atoms with van der Waals surface area (Å²) in [5, 5.41) is 0.930. The lowest BCUT2D eigenvalue weighted by atomic mass is 10.1. The van der Waals surface area contributed by atoms with E-state index in [-0.39, 0.29) is 11.9 Å². The van der Waals surface area contributed by atoms with E-state index in [1.165, 1.54) is 12.1 Å². The molecule has 2 aromatic carbocycles. The predicted molar refractivity (Wildman–Crippen MR) is 95.8 cm³/mol. The molecule has 0 aliphatic heterocycles. The van der Waals surface area contributed by atoms with Crippen molar-refractivity contribution in [2.45, 2.75) is 19.3 Å². The topological polar surface area (TPSA) is 39.9 Å². The summed E-state index contributed by atoms with van der Waals surface area (Å²) in [5.41, 5.74) is 1.91. The Morgan fingerprint density at radius 2 is 1.96 bits per heavy atom. The van der Waals surface area contributed by atoms with Crippen molar-refractivity contribution in [1.29, 1.82) is 0 Å². The summed E-state index contributed by atoms with van der Waals surface area (Å²) < 4.78 is 22.5. The van der Waals surface area contributed by atoms with E-state index in [1.807, 2.05) is 29.0 Å².